The number of anilines is 1. The van der Waals surface area contributed by atoms with Gasteiger partial charge in [-0.05, 0) is 62.3 Å². The molecule has 2 heterocycles. The third-order valence-corrected chi connectivity index (χ3v) is 6.09. The number of hydrogen-bond acceptors (Lipinski definition) is 3. The molecular weight excluding hydrogens is 338 g/mol. The van der Waals surface area contributed by atoms with Gasteiger partial charge >= 0.3 is 6.03 Å². The number of urea groups is 1. The highest BCUT2D eigenvalue weighted by Gasteiger charge is 2.25. The van der Waals surface area contributed by atoms with Gasteiger partial charge < -0.3 is 19.9 Å². The number of carbonyl (C=O) groups is 1. The number of carbonyl (C=O) groups excluding carboxylic acids is 1. The summed E-state index contributed by atoms with van der Waals surface area (Å²) >= 11 is 0. The molecule has 1 aromatic rings. The van der Waals surface area contributed by atoms with Crippen LogP contribution in [0.15, 0.2) is 24.3 Å². The van der Waals surface area contributed by atoms with E-state index in [1.807, 2.05) is 17.0 Å². The van der Waals surface area contributed by atoms with Gasteiger partial charge in [-0.25, -0.2) is 4.79 Å². The molecule has 2 saturated heterocycles. The van der Waals surface area contributed by atoms with E-state index in [0.717, 1.165) is 63.5 Å². The van der Waals surface area contributed by atoms with Crippen molar-refractivity contribution in [1.29, 1.82) is 0 Å². The third kappa shape index (κ3) is 5.53. The van der Waals surface area contributed by atoms with Crippen molar-refractivity contribution in [1.82, 2.24) is 10.2 Å². The molecule has 1 unspecified atom stereocenters. The molecule has 2 amide bonds. The first kappa shape index (κ1) is 19.8. The lowest BCUT2D eigenvalue weighted by molar-refractivity contribution is 0.192. The Kier molecular flexibility index (Phi) is 7.25. The number of benzene rings is 1. The lowest BCUT2D eigenvalue weighted by atomic mass is 9.96. The number of nitrogens with zero attached hydrogens (tertiary/aromatic N) is 2. The third-order valence-electron chi connectivity index (χ3n) is 6.09. The molecule has 1 atom stereocenters. The Morgan fingerprint density at radius 3 is 2.48 bits per heavy atom. The first-order chi connectivity index (χ1) is 13.2. The Bertz CT molecular complexity index is 582. The van der Waals surface area contributed by atoms with Gasteiger partial charge in [0.25, 0.3) is 0 Å². The summed E-state index contributed by atoms with van der Waals surface area (Å²) in [6.45, 7) is 6.05. The summed E-state index contributed by atoms with van der Waals surface area (Å²) in [4.78, 5) is 17.1. The zero-order valence-corrected chi connectivity index (χ0v) is 17.0. The molecule has 2 aliphatic rings. The van der Waals surface area contributed by atoms with Gasteiger partial charge in [-0.15, -0.1) is 0 Å². The minimum atomic E-state index is 0.148. The van der Waals surface area contributed by atoms with Gasteiger partial charge in [0.15, 0.2) is 0 Å². The predicted molar refractivity (Wildman–Crippen MR) is 111 cm³/mol. The maximum absolute atomic E-state index is 12.7. The van der Waals surface area contributed by atoms with E-state index in [1.54, 1.807) is 7.11 Å². The van der Waals surface area contributed by atoms with Crippen molar-refractivity contribution in [2.75, 3.05) is 38.2 Å². The average molecular weight is 374 g/mol. The van der Waals surface area contributed by atoms with Gasteiger partial charge in [0.2, 0.25) is 0 Å². The topological polar surface area (TPSA) is 44.8 Å². The Labute approximate surface area is 164 Å². The van der Waals surface area contributed by atoms with Crippen LogP contribution in [0.3, 0.4) is 0 Å². The largest absolute Gasteiger partial charge is 0.497 e. The average Bonchev–Trinajstić information content (AvgIpc) is 2.95. The summed E-state index contributed by atoms with van der Waals surface area (Å²) in [6.07, 6.45) is 8.15. The molecule has 0 radical (unpaired) electrons. The minimum absolute atomic E-state index is 0.148. The molecule has 0 saturated carbocycles. The molecule has 150 valence electrons. The van der Waals surface area contributed by atoms with Crippen molar-refractivity contribution in [3.63, 3.8) is 0 Å². The highest BCUT2D eigenvalue weighted by atomic mass is 16.5. The Balaban J connectivity index is 1.43. The number of nitrogens with one attached hydrogen (secondary N) is 1. The summed E-state index contributed by atoms with van der Waals surface area (Å²) in [5, 5.41) is 3.29. The van der Waals surface area contributed by atoms with Crippen molar-refractivity contribution in [2.24, 2.45) is 5.92 Å². The van der Waals surface area contributed by atoms with Crippen molar-refractivity contribution >= 4 is 11.7 Å². The van der Waals surface area contributed by atoms with Gasteiger partial charge in [0, 0.05) is 37.9 Å². The second-order valence-corrected chi connectivity index (χ2v) is 7.98. The maximum Gasteiger partial charge on any atom is 0.317 e. The molecule has 0 aromatic heterocycles. The Morgan fingerprint density at radius 2 is 1.81 bits per heavy atom. The van der Waals surface area contributed by atoms with Gasteiger partial charge in [0.05, 0.1) is 7.11 Å². The van der Waals surface area contributed by atoms with Crippen LogP contribution in [-0.2, 0) is 0 Å². The molecule has 5 heteroatoms. The lowest BCUT2D eigenvalue weighted by Crippen LogP contribution is -2.49. The molecule has 2 aliphatic heterocycles. The van der Waals surface area contributed by atoms with Crippen molar-refractivity contribution < 1.29 is 9.53 Å². The number of piperidine rings is 1. The molecule has 5 nitrogen and oxygen atoms in total. The van der Waals surface area contributed by atoms with Crippen molar-refractivity contribution in [2.45, 2.75) is 57.9 Å². The monoisotopic (exact) mass is 373 g/mol. The van der Waals surface area contributed by atoms with E-state index in [2.05, 4.69) is 29.3 Å². The van der Waals surface area contributed by atoms with Crippen LogP contribution in [0.2, 0.25) is 0 Å². The van der Waals surface area contributed by atoms with E-state index in [-0.39, 0.29) is 6.03 Å². The molecular formula is C22H35N3O2. The highest BCUT2D eigenvalue weighted by molar-refractivity contribution is 5.74. The lowest BCUT2D eigenvalue weighted by Gasteiger charge is -2.35. The van der Waals surface area contributed by atoms with E-state index in [9.17, 15) is 4.79 Å². The van der Waals surface area contributed by atoms with Crippen LogP contribution in [-0.4, -0.2) is 50.3 Å². The summed E-state index contributed by atoms with van der Waals surface area (Å²) in [6, 6.07) is 8.68. The quantitative estimate of drug-likeness (QED) is 0.838. The van der Waals surface area contributed by atoms with Crippen LogP contribution in [0.1, 0.15) is 51.9 Å². The first-order valence-electron chi connectivity index (χ1n) is 10.6. The maximum atomic E-state index is 12.7. The molecule has 0 aliphatic carbocycles. The van der Waals surface area contributed by atoms with Crippen LogP contribution in [0.5, 0.6) is 5.75 Å². The fourth-order valence-electron chi connectivity index (χ4n) is 4.41. The number of likely N-dealkylation sites (tertiary alicyclic amines) is 1. The molecule has 1 N–H and O–H groups in total. The molecule has 2 fully saturated rings. The number of ether oxygens (including phenoxy) is 1. The number of hydrogen-bond donors (Lipinski definition) is 1. The van der Waals surface area contributed by atoms with Crippen molar-refractivity contribution in [3.8, 4) is 5.75 Å². The van der Waals surface area contributed by atoms with Gasteiger partial charge in [-0.2, -0.15) is 0 Å². The van der Waals surface area contributed by atoms with Crippen LogP contribution in [0.25, 0.3) is 0 Å². The Morgan fingerprint density at radius 1 is 1.07 bits per heavy atom. The first-order valence-corrected chi connectivity index (χ1v) is 10.6. The second-order valence-electron chi connectivity index (χ2n) is 7.98. The predicted octanol–water partition coefficient (Wildman–Crippen LogP) is 4.28. The Hall–Kier alpha value is -1.91. The van der Waals surface area contributed by atoms with Crippen LogP contribution in [0.4, 0.5) is 10.5 Å². The fraction of sp³-hybridized carbons (Fsp3) is 0.682. The summed E-state index contributed by atoms with van der Waals surface area (Å²) in [5.41, 5.74) is 1.23. The minimum Gasteiger partial charge on any atom is -0.497 e. The SMILES string of the molecule is CCCC1CCCN(C(=O)NC2CCN(c3ccc(OC)cc3)CC2)CC1. The van der Waals surface area contributed by atoms with Crippen molar-refractivity contribution in [3.05, 3.63) is 24.3 Å². The number of rotatable bonds is 5. The molecule has 0 spiro atoms. The summed E-state index contributed by atoms with van der Waals surface area (Å²) < 4.78 is 5.23. The molecule has 27 heavy (non-hydrogen) atoms. The fourth-order valence-corrected chi connectivity index (χ4v) is 4.41. The number of methoxy groups -OCH3 is 1. The van der Waals surface area contributed by atoms with Gasteiger partial charge in [-0.1, -0.05) is 19.8 Å². The zero-order valence-electron chi connectivity index (χ0n) is 17.0. The smallest absolute Gasteiger partial charge is 0.317 e. The van der Waals surface area contributed by atoms with Crippen LogP contribution in [0, 0.1) is 5.92 Å². The normalized spacial score (nSPS) is 21.6. The van der Waals surface area contributed by atoms with E-state index in [4.69, 9.17) is 4.74 Å². The standard InChI is InChI=1S/C22H35N3O2/c1-3-5-18-6-4-14-25(15-11-18)22(26)23-19-12-16-24(17-13-19)20-7-9-21(27-2)10-8-20/h7-10,18-19H,3-6,11-17H2,1-2H3,(H,23,26). The molecule has 0 bridgehead atoms. The van der Waals surface area contributed by atoms with Gasteiger partial charge in [-0.3, -0.25) is 0 Å². The zero-order chi connectivity index (χ0) is 19.1. The van der Waals surface area contributed by atoms with Crippen LogP contribution < -0.4 is 15.0 Å². The highest BCUT2D eigenvalue weighted by Crippen LogP contribution is 2.24. The second kappa shape index (κ2) is 9.86. The van der Waals surface area contributed by atoms with E-state index in [1.165, 1.54) is 24.9 Å². The molecule has 3 rings (SSSR count). The van der Waals surface area contributed by atoms with E-state index in [0.29, 0.717) is 6.04 Å². The summed E-state index contributed by atoms with van der Waals surface area (Å²) in [5.74, 6) is 1.69. The molecule has 1 aromatic carbocycles. The van der Waals surface area contributed by atoms with Crippen LogP contribution >= 0.6 is 0 Å². The van der Waals surface area contributed by atoms with E-state index < -0.39 is 0 Å². The number of amides is 2. The summed E-state index contributed by atoms with van der Waals surface area (Å²) in [7, 11) is 1.69. The van der Waals surface area contributed by atoms with Gasteiger partial charge in [0.1, 0.15) is 5.75 Å². The van der Waals surface area contributed by atoms with E-state index >= 15 is 0 Å².